The van der Waals surface area contributed by atoms with Gasteiger partial charge < -0.3 is 0 Å². The molecule has 0 amide bonds. The molecule has 4 unspecified atom stereocenters. The third-order valence-corrected chi connectivity index (χ3v) is 4.69. The number of hydrogen-bond donors (Lipinski definition) is 0. The van der Waals surface area contributed by atoms with Crippen molar-refractivity contribution in [2.45, 2.75) is 33.1 Å². The lowest BCUT2D eigenvalue weighted by Crippen LogP contribution is -2.56. The van der Waals surface area contributed by atoms with Crippen LogP contribution in [0.4, 0.5) is 0 Å². The molecule has 0 aliphatic heterocycles. The van der Waals surface area contributed by atoms with E-state index in [1.807, 2.05) is 0 Å². The van der Waals surface area contributed by atoms with Gasteiger partial charge in [-0.3, -0.25) is 4.79 Å². The van der Waals surface area contributed by atoms with Crippen LogP contribution in [0.5, 0.6) is 0 Å². The predicted octanol–water partition coefficient (Wildman–Crippen LogP) is 2.26. The minimum absolute atomic E-state index is 0.0461. The van der Waals surface area contributed by atoms with Gasteiger partial charge in [0.1, 0.15) is 5.78 Å². The van der Waals surface area contributed by atoms with E-state index in [9.17, 15) is 4.79 Å². The molecule has 0 saturated heterocycles. The predicted molar refractivity (Wildman–Crippen MR) is 46.6 cm³/mol. The first kappa shape index (κ1) is 7.11. The van der Waals surface area contributed by atoms with Crippen LogP contribution in [0.25, 0.3) is 0 Å². The van der Waals surface area contributed by atoms with Gasteiger partial charge in [-0.25, -0.2) is 0 Å². The van der Waals surface area contributed by atoms with Crippen LogP contribution >= 0.6 is 0 Å². The Morgan fingerprint density at radius 1 is 1.25 bits per heavy atom. The van der Waals surface area contributed by atoms with Crippen LogP contribution in [0.3, 0.4) is 0 Å². The Labute approximate surface area is 73.5 Å². The zero-order chi connectivity index (χ0) is 8.51. The van der Waals surface area contributed by atoms with Crippen LogP contribution in [-0.2, 0) is 4.79 Å². The number of hydrogen-bond acceptors (Lipinski definition) is 1. The second-order valence-corrected chi connectivity index (χ2v) is 5.47. The number of carbonyl (C=O) groups excluding carboxylic acids is 1. The van der Waals surface area contributed by atoms with Crippen molar-refractivity contribution in [2.75, 3.05) is 0 Å². The molecule has 0 spiro atoms. The quantitative estimate of drug-likeness (QED) is 0.536. The lowest BCUT2D eigenvalue weighted by atomic mass is 9.50. The molecule has 3 fully saturated rings. The number of fused-ring (bicyclic) bond motifs is 5. The molecule has 1 nitrogen and oxygen atoms in total. The zero-order valence-electron chi connectivity index (χ0n) is 7.84. The molecule has 0 aromatic rings. The van der Waals surface area contributed by atoms with Gasteiger partial charge in [-0.05, 0) is 37.0 Å². The summed E-state index contributed by atoms with van der Waals surface area (Å²) in [5, 5.41) is 0. The molecule has 3 aliphatic carbocycles. The van der Waals surface area contributed by atoms with Crippen molar-refractivity contribution in [3.05, 3.63) is 0 Å². The molecule has 2 bridgehead atoms. The maximum atomic E-state index is 11.8. The first-order valence-corrected chi connectivity index (χ1v) is 5.16. The van der Waals surface area contributed by atoms with Gasteiger partial charge in [0, 0.05) is 11.3 Å². The topological polar surface area (TPSA) is 17.1 Å². The summed E-state index contributed by atoms with van der Waals surface area (Å²) in [5.41, 5.74) is 0.0461. The first-order valence-electron chi connectivity index (χ1n) is 5.16. The highest BCUT2D eigenvalue weighted by Crippen LogP contribution is 2.66. The van der Waals surface area contributed by atoms with Crippen molar-refractivity contribution >= 4 is 5.78 Å². The fourth-order valence-electron chi connectivity index (χ4n) is 4.20. The highest BCUT2D eigenvalue weighted by molar-refractivity contribution is 5.94. The summed E-state index contributed by atoms with van der Waals surface area (Å²) in [4.78, 5) is 11.8. The first-order chi connectivity index (χ1) is 5.62. The molecule has 0 heterocycles. The van der Waals surface area contributed by atoms with E-state index in [0.29, 0.717) is 11.7 Å². The van der Waals surface area contributed by atoms with Crippen molar-refractivity contribution in [3.8, 4) is 0 Å². The van der Waals surface area contributed by atoms with Crippen molar-refractivity contribution in [1.29, 1.82) is 0 Å². The van der Waals surface area contributed by atoms with Crippen LogP contribution in [0.2, 0.25) is 0 Å². The van der Waals surface area contributed by atoms with Gasteiger partial charge in [-0.15, -0.1) is 0 Å². The highest BCUT2D eigenvalue weighted by Gasteiger charge is 2.66. The van der Waals surface area contributed by atoms with E-state index in [2.05, 4.69) is 13.8 Å². The van der Waals surface area contributed by atoms with E-state index >= 15 is 0 Å². The summed E-state index contributed by atoms with van der Waals surface area (Å²) < 4.78 is 0. The minimum Gasteiger partial charge on any atom is -0.299 e. The highest BCUT2D eigenvalue weighted by atomic mass is 16.1. The average molecular weight is 164 g/mol. The monoisotopic (exact) mass is 164 g/mol. The maximum absolute atomic E-state index is 11.8. The molecular formula is C11H16O. The Kier molecular flexibility index (Phi) is 1.06. The van der Waals surface area contributed by atoms with E-state index in [1.54, 1.807) is 0 Å². The lowest BCUT2D eigenvalue weighted by molar-refractivity contribution is -0.158. The van der Waals surface area contributed by atoms with Crippen LogP contribution in [-0.4, -0.2) is 5.78 Å². The smallest absolute Gasteiger partial charge is 0.142 e. The van der Waals surface area contributed by atoms with E-state index in [-0.39, 0.29) is 5.41 Å². The summed E-state index contributed by atoms with van der Waals surface area (Å²) in [7, 11) is 0. The number of carbonyl (C=O) groups is 1. The van der Waals surface area contributed by atoms with Gasteiger partial charge >= 0.3 is 0 Å². The van der Waals surface area contributed by atoms with Crippen LogP contribution in [0.15, 0.2) is 0 Å². The van der Waals surface area contributed by atoms with E-state index in [0.717, 1.165) is 17.8 Å². The summed E-state index contributed by atoms with van der Waals surface area (Å²) >= 11 is 0. The van der Waals surface area contributed by atoms with Crippen molar-refractivity contribution in [1.82, 2.24) is 0 Å². The van der Waals surface area contributed by atoms with Crippen LogP contribution in [0.1, 0.15) is 33.1 Å². The minimum atomic E-state index is 0.0461. The molecule has 0 aromatic heterocycles. The Hall–Kier alpha value is -0.330. The van der Waals surface area contributed by atoms with E-state index in [4.69, 9.17) is 0 Å². The van der Waals surface area contributed by atoms with E-state index in [1.165, 1.54) is 19.3 Å². The van der Waals surface area contributed by atoms with Gasteiger partial charge in [0.25, 0.3) is 0 Å². The SMILES string of the molecule is CC1(C)C(=O)C2C3CCC(C3)C21. The van der Waals surface area contributed by atoms with Crippen molar-refractivity contribution < 1.29 is 4.79 Å². The maximum Gasteiger partial charge on any atom is 0.142 e. The molecule has 1 heteroatoms. The summed E-state index contributed by atoms with van der Waals surface area (Å²) in [6.07, 6.45) is 4.11. The zero-order valence-corrected chi connectivity index (χ0v) is 7.84. The molecule has 12 heavy (non-hydrogen) atoms. The Bertz CT molecular complexity index is 254. The molecule has 4 atom stereocenters. The Morgan fingerprint density at radius 2 is 1.92 bits per heavy atom. The molecule has 3 aliphatic rings. The molecule has 66 valence electrons. The van der Waals surface area contributed by atoms with Gasteiger partial charge in [0.05, 0.1) is 0 Å². The normalized spacial score (nSPS) is 53.7. The summed E-state index contributed by atoms with van der Waals surface area (Å²) in [6.45, 7) is 4.30. The molecule has 3 rings (SSSR count). The lowest BCUT2D eigenvalue weighted by Gasteiger charge is -2.52. The van der Waals surface area contributed by atoms with Crippen LogP contribution in [0, 0.1) is 29.1 Å². The van der Waals surface area contributed by atoms with Gasteiger partial charge in [-0.2, -0.15) is 0 Å². The molecule has 0 N–H and O–H groups in total. The Morgan fingerprint density at radius 3 is 2.58 bits per heavy atom. The van der Waals surface area contributed by atoms with Crippen LogP contribution < -0.4 is 0 Å². The summed E-state index contributed by atoms with van der Waals surface area (Å²) in [5.74, 6) is 3.54. The second kappa shape index (κ2) is 1.78. The fraction of sp³-hybridized carbons (Fsp3) is 0.909. The van der Waals surface area contributed by atoms with Crippen molar-refractivity contribution in [2.24, 2.45) is 29.1 Å². The van der Waals surface area contributed by atoms with Gasteiger partial charge in [-0.1, -0.05) is 13.8 Å². The van der Waals surface area contributed by atoms with Gasteiger partial charge in [0.2, 0.25) is 0 Å². The summed E-state index contributed by atoms with van der Waals surface area (Å²) in [6, 6.07) is 0. The Balaban J connectivity index is 1.99. The van der Waals surface area contributed by atoms with E-state index < -0.39 is 0 Å². The average Bonchev–Trinajstić information content (AvgIpc) is 2.59. The molecule has 3 saturated carbocycles. The fourth-order valence-corrected chi connectivity index (χ4v) is 4.20. The van der Waals surface area contributed by atoms with Crippen molar-refractivity contribution in [3.63, 3.8) is 0 Å². The number of Topliss-reactive ketones (excluding diaryl/α,β-unsaturated/α-hetero) is 1. The molecule has 0 radical (unpaired) electrons. The van der Waals surface area contributed by atoms with Gasteiger partial charge in [0.15, 0.2) is 0 Å². The second-order valence-electron chi connectivity index (χ2n) is 5.47. The number of ketones is 1. The number of rotatable bonds is 0. The molecular weight excluding hydrogens is 148 g/mol. The molecule has 0 aromatic carbocycles. The third-order valence-electron chi connectivity index (χ3n) is 4.69. The largest absolute Gasteiger partial charge is 0.299 e. The standard InChI is InChI=1S/C11H16O/c1-11(2)9-7-4-3-6(5-7)8(9)10(11)12/h6-9H,3-5H2,1-2H3. The third kappa shape index (κ3) is 0.541.